The Labute approximate surface area is 147 Å². The normalized spacial score (nSPS) is 26.1. The average molecular weight is 341 g/mol. The summed E-state index contributed by atoms with van der Waals surface area (Å²) in [6.07, 6.45) is 6.46. The average Bonchev–Trinajstić information content (AvgIpc) is 3.26. The zero-order valence-corrected chi connectivity index (χ0v) is 14.2. The lowest BCUT2D eigenvalue weighted by atomic mass is 9.89. The second-order valence-electron chi connectivity index (χ2n) is 6.90. The van der Waals surface area contributed by atoms with Crippen LogP contribution in [0.5, 0.6) is 0 Å². The van der Waals surface area contributed by atoms with E-state index in [1.54, 1.807) is 12.5 Å². The number of hydrogen-bond acceptors (Lipinski definition) is 5. The maximum atomic E-state index is 12.5. The zero-order valence-electron chi connectivity index (χ0n) is 14.2. The molecule has 2 aromatic heterocycles. The van der Waals surface area contributed by atoms with Gasteiger partial charge in [-0.1, -0.05) is 6.07 Å². The highest BCUT2D eigenvalue weighted by atomic mass is 16.5. The third kappa shape index (κ3) is 3.69. The molecule has 1 N–H and O–H groups in total. The number of carbonyl (C=O) groups excluding carboxylic acids is 1. The second-order valence-corrected chi connectivity index (χ2v) is 6.90. The standard InChI is InChI=1S/C19H23N3O3/c23-18(12-16-4-3-10-24-16)22-9-7-19(14-22)13-15(6-11-25-19)21-17-5-1-2-8-20-17/h1-5,8,10,15H,6-7,9,11-14H2,(H,20,21)/t15-,19-/m0/s1. The van der Waals surface area contributed by atoms with Gasteiger partial charge in [0.2, 0.25) is 5.91 Å². The molecule has 0 bridgehead atoms. The molecule has 6 nitrogen and oxygen atoms in total. The zero-order chi connectivity index (χ0) is 17.1. The number of amides is 1. The molecule has 2 fully saturated rings. The Morgan fingerprint density at radius 3 is 3.12 bits per heavy atom. The van der Waals surface area contributed by atoms with E-state index in [4.69, 9.17) is 9.15 Å². The third-order valence-electron chi connectivity index (χ3n) is 5.08. The number of nitrogens with zero attached hydrogens (tertiary/aromatic N) is 2. The fraction of sp³-hybridized carbons (Fsp3) is 0.474. The van der Waals surface area contributed by atoms with E-state index >= 15 is 0 Å². The van der Waals surface area contributed by atoms with Crippen LogP contribution in [0, 0.1) is 0 Å². The van der Waals surface area contributed by atoms with Crippen molar-refractivity contribution in [2.24, 2.45) is 0 Å². The molecule has 6 heteroatoms. The number of likely N-dealkylation sites (tertiary alicyclic amines) is 1. The summed E-state index contributed by atoms with van der Waals surface area (Å²) in [5, 5.41) is 3.50. The molecule has 0 radical (unpaired) electrons. The number of rotatable bonds is 4. The highest BCUT2D eigenvalue weighted by molar-refractivity contribution is 5.78. The largest absolute Gasteiger partial charge is 0.469 e. The number of aromatic nitrogens is 1. The molecule has 2 saturated heterocycles. The van der Waals surface area contributed by atoms with Gasteiger partial charge in [-0.3, -0.25) is 4.79 Å². The van der Waals surface area contributed by atoms with Crippen molar-refractivity contribution in [2.75, 3.05) is 25.0 Å². The molecular formula is C19H23N3O3. The lowest BCUT2D eigenvalue weighted by molar-refractivity contribution is -0.132. The Morgan fingerprint density at radius 2 is 2.32 bits per heavy atom. The van der Waals surface area contributed by atoms with E-state index in [0.717, 1.165) is 31.6 Å². The highest BCUT2D eigenvalue weighted by Crippen LogP contribution is 2.35. The van der Waals surface area contributed by atoms with E-state index in [1.807, 2.05) is 35.2 Å². The van der Waals surface area contributed by atoms with Crippen LogP contribution in [0.3, 0.4) is 0 Å². The minimum Gasteiger partial charge on any atom is -0.469 e. The Bertz CT molecular complexity index is 704. The molecular weight excluding hydrogens is 318 g/mol. The SMILES string of the molecule is O=C(Cc1ccco1)N1CC[C@]2(C[C@@H](Nc3ccccn3)CCO2)C1. The van der Waals surface area contributed by atoms with Crippen molar-refractivity contribution in [3.8, 4) is 0 Å². The number of carbonyl (C=O) groups is 1. The first-order valence-electron chi connectivity index (χ1n) is 8.84. The van der Waals surface area contributed by atoms with E-state index in [2.05, 4.69) is 10.3 Å². The van der Waals surface area contributed by atoms with Gasteiger partial charge in [-0.2, -0.15) is 0 Å². The van der Waals surface area contributed by atoms with Gasteiger partial charge in [0.25, 0.3) is 0 Å². The summed E-state index contributed by atoms with van der Waals surface area (Å²) < 4.78 is 11.4. The molecule has 4 heterocycles. The molecule has 1 amide bonds. The van der Waals surface area contributed by atoms with Gasteiger partial charge in [0.05, 0.1) is 18.3 Å². The van der Waals surface area contributed by atoms with Gasteiger partial charge in [0, 0.05) is 31.9 Å². The van der Waals surface area contributed by atoms with Gasteiger partial charge in [-0.15, -0.1) is 0 Å². The molecule has 132 valence electrons. The first kappa shape index (κ1) is 16.1. The van der Waals surface area contributed by atoms with Crippen LogP contribution in [0.15, 0.2) is 47.2 Å². The third-order valence-corrected chi connectivity index (χ3v) is 5.08. The molecule has 4 rings (SSSR count). The first-order valence-corrected chi connectivity index (χ1v) is 8.84. The van der Waals surface area contributed by atoms with E-state index in [9.17, 15) is 4.79 Å². The van der Waals surface area contributed by atoms with Crippen LogP contribution in [-0.4, -0.2) is 47.1 Å². The molecule has 0 aliphatic carbocycles. The van der Waals surface area contributed by atoms with Crippen LogP contribution in [0.25, 0.3) is 0 Å². The predicted octanol–water partition coefficient (Wildman–Crippen LogP) is 2.48. The maximum absolute atomic E-state index is 12.5. The van der Waals surface area contributed by atoms with Crippen LogP contribution in [0.4, 0.5) is 5.82 Å². The van der Waals surface area contributed by atoms with Crippen molar-refractivity contribution in [3.63, 3.8) is 0 Å². The van der Waals surface area contributed by atoms with Crippen LogP contribution < -0.4 is 5.32 Å². The molecule has 2 aliphatic rings. The van der Waals surface area contributed by atoms with Crippen LogP contribution in [0.2, 0.25) is 0 Å². The van der Waals surface area contributed by atoms with E-state index < -0.39 is 0 Å². The van der Waals surface area contributed by atoms with Crippen LogP contribution in [-0.2, 0) is 16.0 Å². The molecule has 0 saturated carbocycles. The van der Waals surface area contributed by atoms with Gasteiger partial charge in [0.1, 0.15) is 11.6 Å². The molecule has 2 aromatic rings. The maximum Gasteiger partial charge on any atom is 0.230 e. The second kappa shape index (κ2) is 6.88. The summed E-state index contributed by atoms with van der Waals surface area (Å²) in [6.45, 7) is 2.12. The summed E-state index contributed by atoms with van der Waals surface area (Å²) in [5.41, 5.74) is -0.233. The Kier molecular flexibility index (Phi) is 4.44. The molecule has 1 spiro atoms. The number of anilines is 1. The number of pyridine rings is 1. The van der Waals surface area contributed by atoms with E-state index in [-0.39, 0.29) is 11.5 Å². The molecule has 2 atom stereocenters. The van der Waals surface area contributed by atoms with E-state index in [1.165, 1.54) is 0 Å². The molecule has 25 heavy (non-hydrogen) atoms. The minimum absolute atomic E-state index is 0.107. The van der Waals surface area contributed by atoms with Gasteiger partial charge < -0.3 is 19.4 Å². The molecule has 0 unspecified atom stereocenters. The van der Waals surface area contributed by atoms with Gasteiger partial charge in [0.15, 0.2) is 0 Å². The summed E-state index contributed by atoms with van der Waals surface area (Å²) in [6, 6.07) is 9.85. The van der Waals surface area contributed by atoms with Gasteiger partial charge >= 0.3 is 0 Å². The van der Waals surface area contributed by atoms with Gasteiger partial charge in [-0.05, 0) is 43.5 Å². The highest BCUT2D eigenvalue weighted by Gasteiger charge is 2.44. The Balaban J connectivity index is 1.36. The Morgan fingerprint density at radius 1 is 1.36 bits per heavy atom. The summed E-state index contributed by atoms with van der Waals surface area (Å²) in [4.78, 5) is 18.8. The molecule has 2 aliphatic heterocycles. The number of hydrogen-bond donors (Lipinski definition) is 1. The fourth-order valence-corrected chi connectivity index (χ4v) is 3.82. The van der Waals surface area contributed by atoms with Crippen molar-refractivity contribution in [3.05, 3.63) is 48.6 Å². The summed E-state index contributed by atoms with van der Waals surface area (Å²) >= 11 is 0. The van der Waals surface area contributed by atoms with Crippen molar-refractivity contribution < 1.29 is 13.9 Å². The number of nitrogens with one attached hydrogen (secondary N) is 1. The summed E-state index contributed by atoms with van der Waals surface area (Å²) in [5.74, 6) is 1.72. The van der Waals surface area contributed by atoms with Crippen LogP contribution in [0.1, 0.15) is 25.0 Å². The Hall–Kier alpha value is -2.34. The smallest absolute Gasteiger partial charge is 0.230 e. The lowest BCUT2D eigenvalue weighted by Crippen LogP contribution is -2.47. The summed E-state index contributed by atoms with van der Waals surface area (Å²) in [7, 11) is 0. The quantitative estimate of drug-likeness (QED) is 0.925. The molecule has 0 aromatic carbocycles. The van der Waals surface area contributed by atoms with Crippen molar-refractivity contribution in [2.45, 2.75) is 37.3 Å². The van der Waals surface area contributed by atoms with E-state index in [0.29, 0.717) is 31.4 Å². The van der Waals surface area contributed by atoms with Crippen molar-refractivity contribution in [1.82, 2.24) is 9.88 Å². The van der Waals surface area contributed by atoms with Crippen molar-refractivity contribution in [1.29, 1.82) is 0 Å². The van der Waals surface area contributed by atoms with Crippen LogP contribution >= 0.6 is 0 Å². The van der Waals surface area contributed by atoms with Gasteiger partial charge in [-0.25, -0.2) is 4.98 Å². The monoisotopic (exact) mass is 341 g/mol. The minimum atomic E-state index is -0.233. The predicted molar refractivity (Wildman–Crippen MR) is 93.2 cm³/mol. The fourth-order valence-electron chi connectivity index (χ4n) is 3.82. The topological polar surface area (TPSA) is 67.6 Å². The lowest BCUT2D eigenvalue weighted by Gasteiger charge is -2.38. The number of furan rings is 1. The van der Waals surface area contributed by atoms with Crippen molar-refractivity contribution >= 4 is 11.7 Å². The number of ether oxygens (including phenoxy) is 1. The first-order chi connectivity index (χ1) is 12.2.